The number of hydrogen-bond acceptors (Lipinski definition) is 17. The van der Waals surface area contributed by atoms with Crippen molar-refractivity contribution in [1.82, 2.24) is 0 Å². The summed E-state index contributed by atoms with van der Waals surface area (Å²) in [6.07, 6.45) is -20.4. The van der Waals surface area contributed by atoms with Crippen molar-refractivity contribution in [3.8, 4) is 0 Å². The predicted molar refractivity (Wildman–Crippen MR) is 194 cm³/mol. The molecule has 57 heavy (non-hydrogen) atoms. The van der Waals surface area contributed by atoms with Crippen molar-refractivity contribution in [3.05, 3.63) is 12.2 Å². The molecule has 11 N–H and O–H groups in total. The zero-order valence-corrected chi connectivity index (χ0v) is 33.1. The second kappa shape index (κ2) is 16.8. The molecule has 3 aliphatic heterocycles. The fourth-order valence-electron chi connectivity index (χ4n) is 11.6. The van der Waals surface area contributed by atoms with E-state index in [0.29, 0.717) is 44.1 Å². The van der Waals surface area contributed by atoms with Crippen LogP contribution in [0.15, 0.2) is 12.2 Å². The van der Waals surface area contributed by atoms with E-state index in [-0.39, 0.29) is 22.7 Å². The van der Waals surface area contributed by atoms with Crippen LogP contribution in [-0.4, -0.2) is 180 Å². The molecule has 328 valence electrons. The van der Waals surface area contributed by atoms with Crippen LogP contribution in [-0.2, 0) is 33.2 Å². The van der Waals surface area contributed by atoms with Crippen molar-refractivity contribution in [2.24, 2.45) is 28.1 Å². The number of carbonyl (C=O) groups is 1. The van der Waals surface area contributed by atoms with Gasteiger partial charge in [-0.3, -0.25) is 4.79 Å². The Labute approximate surface area is 331 Å². The Bertz CT molecular complexity index is 1430. The number of carboxylic acid groups (broad SMARTS) is 1. The first-order valence-corrected chi connectivity index (χ1v) is 20.2. The summed E-state index contributed by atoms with van der Waals surface area (Å²) in [5.74, 6) is -0.683. The molecular formula is C39H64O18. The van der Waals surface area contributed by atoms with Gasteiger partial charge < -0.3 is 84.6 Å². The van der Waals surface area contributed by atoms with Crippen LogP contribution in [0.5, 0.6) is 0 Å². The minimum atomic E-state index is -1.92. The van der Waals surface area contributed by atoms with Crippen LogP contribution in [0.1, 0.15) is 79.1 Å². The second-order valence-corrected chi connectivity index (χ2v) is 18.3. The van der Waals surface area contributed by atoms with E-state index in [2.05, 4.69) is 20.4 Å². The third kappa shape index (κ3) is 7.74. The molecule has 18 nitrogen and oxygen atoms in total. The van der Waals surface area contributed by atoms with Gasteiger partial charge in [-0.2, -0.15) is 0 Å². The number of fused-ring (bicyclic) bond motifs is 3. The normalized spacial score (nSPS) is 53.1. The minimum absolute atomic E-state index is 0.0299. The van der Waals surface area contributed by atoms with E-state index in [1.165, 1.54) is 0 Å². The lowest BCUT2D eigenvalue weighted by atomic mass is 9.40. The molecule has 0 aromatic rings. The standard InChI is InChI=1S/C39H64O18/c1-17(2)39(12-8-21-36(3,16-39)11-7-22-37(21,4)9-6-10-38(22,5)35(50)51)57-34-31(56-33-29(49)27(47)24(44)19(14-41)53-33)30(25(45)20(15-42)54-34)55-32-28(48)26(46)23(43)18(13-40)52-32/h18-34,40-49H,1,6-16H2,2-5H3,(H,50,51)/t18?,19?,20?,21-,22+,23?,24?,25?,26?,27?,28?,29?,30?,31?,32?,33?,34?,36+,37+,38-,39+/m1/s1. The summed E-state index contributed by atoms with van der Waals surface area (Å²) < 4.78 is 36.8. The molecule has 18 heteroatoms. The molecule has 0 bridgehead atoms. The maximum atomic E-state index is 12.7. The van der Waals surface area contributed by atoms with E-state index in [9.17, 15) is 61.0 Å². The summed E-state index contributed by atoms with van der Waals surface area (Å²) in [5.41, 5.74) is -2.02. The fourth-order valence-corrected chi connectivity index (χ4v) is 11.6. The lowest BCUT2D eigenvalue weighted by Crippen LogP contribution is -2.68. The van der Waals surface area contributed by atoms with E-state index in [1.807, 2.05) is 6.92 Å². The Kier molecular flexibility index (Phi) is 13.3. The van der Waals surface area contributed by atoms with Crippen molar-refractivity contribution >= 4 is 5.97 Å². The minimum Gasteiger partial charge on any atom is -0.481 e. The van der Waals surface area contributed by atoms with E-state index in [4.69, 9.17) is 28.4 Å². The Morgan fingerprint density at radius 1 is 0.649 bits per heavy atom. The van der Waals surface area contributed by atoms with E-state index in [0.717, 1.165) is 12.8 Å². The first kappa shape index (κ1) is 45.1. The van der Waals surface area contributed by atoms with Gasteiger partial charge in [-0.25, -0.2) is 0 Å². The van der Waals surface area contributed by atoms with E-state index >= 15 is 0 Å². The van der Waals surface area contributed by atoms with Gasteiger partial charge in [0.05, 0.1) is 30.8 Å². The second-order valence-electron chi connectivity index (χ2n) is 18.3. The topological polar surface area (TPSA) is 295 Å². The summed E-state index contributed by atoms with van der Waals surface area (Å²) >= 11 is 0. The molecule has 0 radical (unpaired) electrons. The van der Waals surface area contributed by atoms with Crippen molar-refractivity contribution in [2.45, 2.75) is 177 Å². The van der Waals surface area contributed by atoms with E-state index < -0.39 is 129 Å². The van der Waals surface area contributed by atoms with Gasteiger partial charge in [0.2, 0.25) is 0 Å². The van der Waals surface area contributed by atoms with Gasteiger partial charge in [-0.15, -0.1) is 0 Å². The quantitative estimate of drug-likeness (QED) is 0.0815. The summed E-state index contributed by atoms with van der Waals surface area (Å²) in [6, 6.07) is 0. The van der Waals surface area contributed by atoms with Gasteiger partial charge in [0.15, 0.2) is 18.9 Å². The van der Waals surface area contributed by atoms with Crippen LogP contribution in [0.3, 0.4) is 0 Å². The molecule has 0 aromatic heterocycles. The van der Waals surface area contributed by atoms with Crippen LogP contribution in [0.2, 0.25) is 0 Å². The molecule has 0 amide bonds. The largest absolute Gasteiger partial charge is 0.481 e. The summed E-state index contributed by atoms with van der Waals surface area (Å²) in [4.78, 5) is 12.7. The van der Waals surface area contributed by atoms with Gasteiger partial charge in [0, 0.05) is 0 Å². The molecule has 3 saturated carbocycles. The number of aliphatic carboxylic acids is 1. The average Bonchev–Trinajstić information content (AvgIpc) is 3.16. The van der Waals surface area contributed by atoms with Gasteiger partial charge in [-0.05, 0) is 87.0 Å². The van der Waals surface area contributed by atoms with Gasteiger partial charge in [0.1, 0.15) is 73.2 Å². The summed E-state index contributed by atoms with van der Waals surface area (Å²) in [7, 11) is 0. The molecule has 3 heterocycles. The Morgan fingerprint density at radius 2 is 1.14 bits per heavy atom. The lowest BCUT2D eigenvalue weighted by molar-refractivity contribution is -0.401. The van der Waals surface area contributed by atoms with E-state index in [1.54, 1.807) is 6.92 Å². The monoisotopic (exact) mass is 820 g/mol. The zero-order chi connectivity index (χ0) is 42.0. The Hall–Kier alpha value is -1.43. The highest BCUT2D eigenvalue weighted by Gasteiger charge is 2.65. The Balaban J connectivity index is 1.36. The van der Waals surface area contributed by atoms with Crippen LogP contribution in [0.4, 0.5) is 0 Å². The maximum Gasteiger partial charge on any atom is 0.309 e. The number of rotatable bonds is 11. The number of aliphatic hydroxyl groups is 10. The van der Waals surface area contributed by atoms with Crippen LogP contribution in [0.25, 0.3) is 0 Å². The molecule has 6 aliphatic rings. The van der Waals surface area contributed by atoms with Gasteiger partial charge in [0.25, 0.3) is 0 Å². The highest BCUT2D eigenvalue weighted by Crippen LogP contribution is 2.69. The maximum absolute atomic E-state index is 12.7. The smallest absolute Gasteiger partial charge is 0.309 e. The number of aliphatic hydroxyl groups excluding tert-OH is 10. The van der Waals surface area contributed by atoms with Crippen molar-refractivity contribution in [3.63, 3.8) is 0 Å². The molecule has 0 spiro atoms. The average molecular weight is 821 g/mol. The molecular weight excluding hydrogens is 756 g/mol. The lowest BCUT2D eigenvalue weighted by Gasteiger charge is -2.65. The summed E-state index contributed by atoms with van der Waals surface area (Å²) in [6.45, 7) is 10.1. The zero-order valence-electron chi connectivity index (χ0n) is 33.1. The molecule has 21 atom stereocenters. The van der Waals surface area contributed by atoms with Crippen molar-refractivity contribution < 1.29 is 89.4 Å². The van der Waals surface area contributed by atoms with Crippen LogP contribution >= 0.6 is 0 Å². The number of carboxylic acids is 1. The van der Waals surface area contributed by atoms with Crippen molar-refractivity contribution in [1.29, 1.82) is 0 Å². The molecule has 6 rings (SSSR count). The predicted octanol–water partition coefficient (Wildman–Crippen LogP) is -1.74. The summed E-state index contributed by atoms with van der Waals surface area (Å²) in [5, 5.41) is 116. The van der Waals surface area contributed by atoms with Crippen molar-refractivity contribution in [2.75, 3.05) is 19.8 Å². The molecule has 0 aromatic carbocycles. The molecule has 3 saturated heterocycles. The first-order chi connectivity index (χ1) is 26.7. The van der Waals surface area contributed by atoms with Gasteiger partial charge >= 0.3 is 5.97 Å². The molecule has 15 unspecified atom stereocenters. The third-order valence-electron chi connectivity index (χ3n) is 14.8. The first-order valence-electron chi connectivity index (χ1n) is 20.2. The SMILES string of the molecule is C=C(C)[C@]1(OC2OC(CO)C(O)C(OC3OC(CO)C(O)C(O)C3O)C2OC2OC(CO)C(O)C(O)C2O)CC[C@@H]2[C@@](C)(CC[C@H]3[C@@]2(C)CCC[C@@]3(C)C(=O)O)C1. The number of ether oxygens (including phenoxy) is 6. The number of hydrogen-bond donors (Lipinski definition) is 11. The highest BCUT2D eigenvalue weighted by molar-refractivity contribution is 5.75. The van der Waals surface area contributed by atoms with Crippen LogP contribution in [0, 0.1) is 28.1 Å². The fraction of sp³-hybridized carbons (Fsp3) is 0.923. The van der Waals surface area contributed by atoms with Gasteiger partial charge in [-0.1, -0.05) is 26.8 Å². The highest BCUT2D eigenvalue weighted by atomic mass is 16.8. The molecule has 3 aliphatic carbocycles. The molecule has 6 fully saturated rings. The Morgan fingerprint density at radius 3 is 1.65 bits per heavy atom. The third-order valence-corrected chi connectivity index (χ3v) is 14.8. The van der Waals surface area contributed by atoms with Crippen LogP contribution < -0.4 is 0 Å².